The van der Waals surface area contributed by atoms with Crippen LogP contribution in [0, 0.1) is 5.82 Å². The zero-order valence-corrected chi connectivity index (χ0v) is 13.3. The molecule has 1 fully saturated rings. The van der Waals surface area contributed by atoms with Gasteiger partial charge < -0.3 is 19.5 Å². The molecule has 1 aromatic rings. The van der Waals surface area contributed by atoms with Gasteiger partial charge in [0.25, 0.3) is 0 Å². The van der Waals surface area contributed by atoms with E-state index in [1.165, 1.54) is 0 Å². The van der Waals surface area contributed by atoms with E-state index in [1.807, 2.05) is 29.0 Å². The van der Waals surface area contributed by atoms with Crippen LogP contribution in [0.3, 0.4) is 0 Å². The zero-order chi connectivity index (χ0) is 15.9. The fourth-order valence-electron chi connectivity index (χ4n) is 2.69. The number of nitrogens with zero attached hydrogens (tertiary/aromatic N) is 2. The van der Waals surface area contributed by atoms with Crippen LogP contribution >= 0.6 is 0 Å². The summed E-state index contributed by atoms with van der Waals surface area (Å²) >= 11 is 0. The minimum atomic E-state index is -0.535. The molecular weight excluding hydrogens is 287 g/mol. The highest BCUT2D eigenvalue weighted by atomic mass is 19.1. The van der Waals surface area contributed by atoms with E-state index >= 15 is 0 Å². The number of aliphatic hydroxyl groups excluding tert-OH is 1. The predicted octanol–water partition coefficient (Wildman–Crippen LogP) is 1.10. The Labute approximate surface area is 131 Å². The molecule has 124 valence electrons. The lowest BCUT2D eigenvalue weighted by Gasteiger charge is -2.29. The molecule has 0 aromatic heterocycles. The molecule has 0 amide bonds. The lowest BCUT2D eigenvalue weighted by atomic mass is 10.1. The van der Waals surface area contributed by atoms with Crippen molar-refractivity contribution in [2.24, 2.45) is 0 Å². The maximum absolute atomic E-state index is 14.3. The summed E-state index contributed by atoms with van der Waals surface area (Å²) in [4.78, 5) is 3.96. The van der Waals surface area contributed by atoms with E-state index in [-0.39, 0.29) is 5.82 Å². The monoisotopic (exact) mass is 312 g/mol. The van der Waals surface area contributed by atoms with Gasteiger partial charge in [-0.3, -0.25) is 4.90 Å². The first-order chi connectivity index (χ1) is 10.6. The predicted molar refractivity (Wildman–Crippen MR) is 83.6 cm³/mol. The van der Waals surface area contributed by atoms with Gasteiger partial charge in [0.15, 0.2) is 0 Å². The van der Waals surface area contributed by atoms with E-state index < -0.39 is 6.10 Å². The van der Waals surface area contributed by atoms with Gasteiger partial charge in [-0.25, -0.2) is 4.39 Å². The second-order valence-electron chi connectivity index (χ2n) is 5.69. The molecular formula is C16H25FN2O3. The third-order valence-corrected chi connectivity index (χ3v) is 3.70. The fraction of sp³-hybridized carbons (Fsp3) is 0.625. The van der Waals surface area contributed by atoms with Gasteiger partial charge in [-0.2, -0.15) is 0 Å². The van der Waals surface area contributed by atoms with Gasteiger partial charge in [0, 0.05) is 33.3 Å². The van der Waals surface area contributed by atoms with Crippen LogP contribution in [0.4, 0.5) is 10.1 Å². The molecule has 6 heteroatoms. The molecule has 5 nitrogen and oxygen atoms in total. The van der Waals surface area contributed by atoms with E-state index in [1.54, 1.807) is 13.2 Å². The molecule has 1 aliphatic rings. The van der Waals surface area contributed by atoms with Crippen LogP contribution in [0.2, 0.25) is 0 Å². The highest BCUT2D eigenvalue weighted by Gasteiger charge is 2.16. The standard InChI is InChI=1S/C16H25FN2O3/c1-18(11-14(20)12-21-2)10-13-3-4-16(15(17)9-13)19-5-7-22-8-6-19/h3-4,9,14,20H,5-8,10-12H2,1-2H3. The molecule has 1 atom stereocenters. The average Bonchev–Trinajstić information content (AvgIpc) is 2.48. The Hall–Kier alpha value is -1.21. The number of likely N-dealkylation sites (N-methyl/N-ethyl adjacent to an activating group) is 1. The van der Waals surface area contributed by atoms with Crippen LogP contribution in [0.15, 0.2) is 18.2 Å². The van der Waals surface area contributed by atoms with E-state index in [9.17, 15) is 9.50 Å². The fourth-order valence-corrected chi connectivity index (χ4v) is 2.69. The number of methoxy groups -OCH3 is 1. The van der Waals surface area contributed by atoms with Crippen molar-refractivity contribution in [2.75, 3.05) is 58.5 Å². The normalized spacial score (nSPS) is 17.0. The van der Waals surface area contributed by atoms with Crippen LogP contribution in [-0.2, 0) is 16.0 Å². The maximum Gasteiger partial charge on any atom is 0.146 e. The maximum atomic E-state index is 14.3. The zero-order valence-electron chi connectivity index (χ0n) is 13.3. The molecule has 1 N–H and O–H groups in total. The Kier molecular flexibility index (Phi) is 6.57. The second-order valence-corrected chi connectivity index (χ2v) is 5.69. The summed E-state index contributed by atoms with van der Waals surface area (Å²) in [7, 11) is 3.45. The van der Waals surface area contributed by atoms with Gasteiger partial charge in [-0.05, 0) is 24.7 Å². The Bertz CT molecular complexity index is 467. The van der Waals surface area contributed by atoms with Crippen molar-refractivity contribution in [2.45, 2.75) is 12.6 Å². The van der Waals surface area contributed by atoms with E-state index in [0.29, 0.717) is 38.6 Å². The summed E-state index contributed by atoms with van der Waals surface area (Å²) in [5.41, 5.74) is 1.52. The Morgan fingerprint density at radius 3 is 2.77 bits per heavy atom. The third-order valence-electron chi connectivity index (χ3n) is 3.70. The molecule has 1 saturated heterocycles. The van der Waals surface area contributed by atoms with E-state index in [4.69, 9.17) is 9.47 Å². The van der Waals surface area contributed by atoms with Gasteiger partial charge in [0.05, 0.1) is 31.6 Å². The lowest BCUT2D eigenvalue weighted by molar-refractivity contribution is 0.0419. The highest BCUT2D eigenvalue weighted by molar-refractivity contribution is 5.49. The summed E-state index contributed by atoms with van der Waals surface area (Å²) < 4.78 is 24.5. The van der Waals surface area contributed by atoms with Crippen LogP contribution in [0.1, 0.15) is 5.56 Å². The largest absolute Gasteiger partial charge is 0.389 e. The summed E-state index contributed by atoms with van der Waals surface area (Å²) in [6, 6.07) is 5.34. The van der Waals surface area contributed by atoms with Crippen molar-refractivity contribution in [3.63, 3.8) is 0 Å². The molecule has 1 aromatic carbocycles. The molecule has 22 heavy (non-hydrogen) atoms. The minimum Gasteiger partial charge on any atom is -0.389 e. The smallest absolute Gasteiger partial charge is 0.146 e. The molecule has 2 rings (SSSR count). The number of benzene rings is 1. The number of anilines is 1. The molecule has 1 heterocycles. The quantitative estimate of drug-likeness (QED) is 0.817. The van der Waals surface area contributed by atoms with Crippen LogP contribution in [0.5, 0.6) is 0 Å². The minimum absolute atomic E-state index is 0.203. The van der Waals surface area contributed by atoms with Crippen molar-refractivity contribution in [1.29, 1.82) is 0 Å². The molecule has 1 aliphatic heterocycles. The second kappa shape index (κ2) is 8.43. The SMILES string of the molecule is COCC(O)CN(C)Cc1ccc(N2CCOCC2)c(F)c1. The Morgan fingerprint density at radius 1 is 1.41 bits per heavy atom. The van der Waals surface area contributed by atoms with Crippen molar-refractivity contribution in [3.05, 3.63) is 29.6 Å². The van der Waals surface area contributed by atoms with Gasteiger partial charge in [0.1, 0.15) is 5.82 Å². The molecule has 0 spiro atoms. The van der Waals surface area contributed by atoms with Crippen LogP contribution in [0.25, 0.3) is 0 Å². The number of aliphatic hydroxyl groups is 1. The highest BCUT2D eigenvalue weighted by Crippen LogP contribution is 2.22. The van der Waals surface area contributed by atoms with Gasteiger partial charge in [-0.1, -0.05) is 6.07 Å². The van der Waals surface area contributed by atoms with Gasteiger partial charge in [0.2, 0.25) is 0 Å². The molecule has 0 radical (unpaired) electrons. The number of hydrogen-bond donors (Lipinski definition) is 1. The van der Waals surface area contributed by atoms with Gasteiger partial charge >= 0.3 is 0 Å². The molecule has 0 aliphatic carbocycles. The van der Waals surface area contributed by atoms with Crippen LogP contribution < -0.4 is 4.90 Å². The Balaban J connectivity index is 1.93. The third kappa shape index (κ3) is 4.91. The van der Waals surface area contributed by atoms with Gasteiger partial charge in [-0.15, -0.1) is 0 Å². The Morgan fingerprint density at radius 2 is 2.14 bits per heavy atom. The van der Waals surface area contributed by atoms with E-state index in [0.717, 1.165) is 18.7 Å². The first-order valence-corrected chi connectivity index (χ1v) is 7.57. The van der Waals surface area contributed by atoms with Crippen molar-refractivity contribution in [1.82, 2.24) is 4.90 Å². The van der Waals surface area contributed by atoms with Crippen molar-refractivity contribution < 1.29 is 19.0 Å². The molecule has 0 bridgehead atoms. The summed E-state index contributed by atoms with van der Waals surface area (Å²) in [6.07, 6.45) is -0.535. The first-order valence-electron chi connectivity index (χ1n) is 7.57. The number of hydrogen-bond acceptors (Lipinski definition) is 5. The molecule has 1 unspecified atom stereocenters. The number of morpholine rings is 1. The first kappa shape index (κ1) is 17.1. The summed E-state index contributed by atoms with van der Waals surface area (Å²) in [5.74, 6) is -0.203. The number of halogens is 1. The average molecular weight is 312 g/mol. The van der Waals surface area contributed by atoms with Crippen molar-refractivity contribution >= 4 is 5.69 Å². The van der Waals surface area contributed by atoms with E-state index in [2.05, 4.69) is 0 Å². The molecule has 0 saturated carbocycles. The number of rotatable bonds is 7. The topological polar surface area (TPSA) is 45.2 Å². The lowest BCUT2D eigenvalue weighted by Crippen LogP contribution is -2.36. The number of ether oxygens (including phenoxy) is 2. The van der Waals surface area contributed by atoms with Crippen molar-refractivity contribution in [3.8, 4) is 0 Å². The summed E-state index contributed by atoms with van der Waals surface area (Å²) in [5, 5.41) is 9.71. The van der Waals surface area contributed by atoms with Crippen LogP contribution in [-0.4, -0.2) is 69.7 Å². The summed E-state index contributed by atoms with van der Waals surface area (Å²) in [6.45, 7) is 4.10.